The molecule has 2 aromatic carbocycles. The molecule has 2 aromatic heterocycles. The first-order valence-electron chi connectivity index (χ1n) is 12.0. The van der Waals surface area contributed by atoms with Crippen molar-refractivity contribution in [1.82, 2.24) is 15.2 Å². The number of likely N-dealkylation sites (tertiary alicyclic amines) is 1. The van der Waals surface area contributed by atoms with Crippen molar-refractivity contribution in [3.8, 4) is 39.7 Å². The zero-order chi connectivity index (χ0) is 26.8. The molecule has 1 aliphatic rings. The second-order valence-corrected chi connectivity index (χ2v) is 8.87. The Morgan fingerprint density at radius 1 is 1.03 bits per heavy atom. The number of nitrogens with zero attached hydrogens (tertiary/aromatic N) is 2. The Hall–Kier alpha value is -4.73. The lowest BCUT2D eigenvalue weighted by atomic mass is 10.0. The Morgan fingerprint density at radius 3 is 2.45 bits per heavy atom. The van der Waals surface area contributed by atoms with Crippen LogP contribution in [0.2, 0.25) is 0 Å². The molecular weight excluding hydrogens is 490 g/mol. The van der Waals surface area contributed by atoms with Gasteiger partial charge in [0.2, 0.25) is 5.75 Å². The molecule has 10 nitrogen and oxygen atoms in total. The van der Waals surface area contributed by atoms with Crippen LogP contribution in [0.25, 0.3) is 33.6 Å². The molecule has 1 fully saturated rings. The van der Waals surface area contributed by atoms with Gasteiger partial charge in [0.1, 0.15) is 11.3 Å². The summed E-state index contributed by atoms with van der Waals surface area (Å²) in [6, 6.07) is 14.3. The number of methoxy groups -OCH3 is 3. The van der Waals surface area contributed by atoms with Crippen LogP contribution in [0.3, 0.4) is 0 Å². The van der Waals surface area contributed by atoms with Crippen molar-refractivity contribution in [3.05, 3.63) is 60.3 Å². The van der Waals surface area contributed by atoms with Crippen molar-refractivity contribution in [1.29, 1.82) is 0 Å². The van der Waals surface area contributed by atoms with E-state index < -0.39 is 6.09 Å². The summed E-state index contributed by atoms with van der Waals surface area (Å²) >= 11 is 0. The molecule has 1 atom stereocenters. The SMILES string of the molecule is COc1cc(-c2cc3nccc(-c4cccc(C(=O)NC5CCN(C(=O)O)C5)c4)c3o2)cc(OC)c1OC. The van der Waals surface area contributed by atoms with Crippen molar-refractivity contribution in [3.63, 3.8) is 0 Å². The third-order valence-corrected chi connectivity index (χ3v) is 6.59. The van der Waals surface area contributed by atoms with Gasteiger partial charge in [-0.2, -0.15) is 0 Å². The van der Waals surface area contributed by atoms with Crippen LogP contribution < -0.4 is 19.5 Å². The van der Waals surface area contributed by atoms with E-state index in [1.165, 1.54) is 4.90 Å². The lowest BCUT2D eigenvalue weighted by Crippen LogP contribution is -2.38. The van der Waals surface area contributed by atoms with E-state index in [4.69, 9.17) is 23.7 Å². The van der Waals surface area contributed by atoms with Crippen LogP contribution in [0, 0.1) is 0 Å². The Bertz CT molecular complexity index is 1490. The second-order valence-electron chi connectivity index (χ2n) is 8.87. The van der Waals surface area contributed by atoms with Crippen LogP contribution >= 0.6 is 0 Å². The monoisotopic (exact) mass is 517 g/mol. The predicted octanol–water partition coefficient (Wildman–Crippen LogP) is 4.67. The summed E-state index contributed by atoms with van der Waals surface area (Å²) in [5.41, 5.74) is 3.99. The van der Waals surface area contributed by atoms with Gasteiger partial charge in [0.25, 0.3) is 5.91 Å². The number of hydrogen-bond donors (Lipinski definition) is 2. The van der Waals surface area contributed by atoms with E-state index in [2.05, 4.69) is 10.3 Å². The zero-order valence-electron chi connectivity index (χ0n) is 21.2. The zero-order valence-corrected chi connectivity index (χ0v) is 21.2. The molecular formula is C28H27N3O7. The van der Waals surface area contributed by atoms with Gasteiger partial charge in [-0.15, -0.1) is 0 Å². The van der Waals surface area contributed by atoms with Crippen LogP contribution in [-0.2, 0) is 0 Å². The first-order chi connectivity index (χ1) is 18.4. The first kappa shape index (κ1) is 24.9. The van der Waals surface area contributed by atoms with Gasteiger partial charge < -0.3 is 34.0 Å². The van der Waals surface area contributed by atoms with E-state index in [1.807, 2.05) is 18.2 Å². The molecule has 196 valence electrons. The molecule has 1 unspecified atom stereocenters. The molecule has 0 bridgehead atoms. The fourth-order valence-corrected chi connectivity index (χ4v) is 4.68. The Labute approximate surface area is 218 Å². The van der Waals surface area contributed by atoms with Crippen LogP contribution in [-0.4, -0.2) is 67.5 Å². The number of aromatic nitrogens is 1. The molecule has 38 heavy (non-hydrogen) atoms. The molecule has 0 aliphatic carbocycles. The van der Waals surface area contributed by atoms with Gasteiger partial charge in [-0.1, -0.05) is 12.1 Å². The molecule has 1 saturated heterocycles. The average molecular weight is 518 g/mol. The van der Waals surface area contributed by atoms with Gasteiger partial charge in [-0.05, 0) is 42.3 Å². The number of fused-ring (bicyclic) bond motifs is 1. The van der Waals surface area contributed by atoms with Crippen molar-refractivity contribution < 1.29 is 33.3 Å². The normalized spacial score (nSPS) is 14.9. The van der Waals surface area contributed by atoms with Gasteiger partial charge in [0.15, 0.2) is 17.1 Å². The summed E-state index contributed by atoms with van der Waals surface area (Å²) < 4.78 is 22.7. The number of ether oxygens (including phenoxy) is 3. The smallest absolute Gasteiger partial charge is 0.407 e. The maximum atomic E-state index is 12.9. The van der Waals surface area contributed by atoms with E-state index >= 15 is 0 Å². The standard InChI is InChI=1S/C28H27N3O7/c1-35-23-12-18(13-24(36-2)26(23)37-3)22-14-21-25(38-22)20(7-9-29-21)16-5-4-6-17(11-16)27(32)30-19-8-10-31(15-19)28(33)34/h4-7,9,11-14,19H,8,10,15H2,1-3H3,(H,30,32)(H,33,34). The topological polar surface area (TPSA) is 123 Å². The molecule has 2 amide bonds. The second kappa shape index (κ2) is 10.3. The van der Waals surface area contributed by atoms with Gasteiger partial charge >= 0.3 is 6.09 Å². The number of carbonyl (C=O) groups excluding carboxylic acids is 1. The van der Waals surface area contributed by atoms with Gasteiger partial charge in [-0.3, -0.25) is 9.78 Å². The number of furan rings is 1. The third-order valence-electron chi connectivity index (χ3n) is 6.59. The molecule has 0 saturated carbocycles. The summed E-state index contributed by atoms with van der Waals surface area (Å²) in [5.74, 6) is 1.80. The maximum Gasteiger partial charge on any atom is 0.407 e. The average Bonchev–Trinajstić information content (AvgIpc) is 3.59. The third kappa shape index (κ3) is 4.68. The van der Waals surface area contributed by atoms with Gasteiger partial charge in [-0.25, -0.2) is 4.79 Å². The molecule has 4 aromatic rings. The molecule has 0 radical (unpaired) electrons. The van der Waals surface area contributed by atoms with E-state index in [9.17, 15) is 9.59 Å². The summed E-state index contributed by atoms with van der Waals surface area (Å²) in [4.78, 5) is 29.9. The fourth-order valence-electron chi connectivity index (χ4n) is 4.68. The van der Waals surface area contributed by atoms with Gasteiger partial charge in [0, 0.05) is 48.1 Å². The van der Waals surface area contributed by atoms with E-state index in [0.29, 0.717) is 52.6 Å². The van der Waals surface area contributed by atoms with Crippen molar-refractivity contribution >= 4 is 23.1 Å². The number of amides is 2. The molecule has 1 aliphatic heterocycles. The largest absolute Gasteiger partial charge is 0.493 e. The minimum absolute atomic E-state index is 0.221. The number of carbonyl (C=O) groups is 2. The van der Waals surface area contributed by atoms with E-state index in [0.717, 1.165) is 16.7 Å². The van der Waals surface area contributed by atoms with Crippen LogP contribution in [0.4, 0.5) is 4.79 Å². The number of rotatable bonds is 7. The highest BCUT2D eigenvalue weighted by Crippen LogP contribution is 2.42. The summed E-state index contributed by atoms with van der Waals surface area (Å²) in [6.07, 6.45) is 1.30. The fraction of sp³-hybridized carbons (Fsp3) is 0.250. The minimum atomic E-state index is -0.977. The Morgan fingerprint density at radius 2 is 1.79 bits per heavy atom. The number of hydrogen-bond acceptors (Lipinski definition) is 7. The highest BCUT2D eigenvalue weighted by Gasteiger charge is 2.27. The molecule has 10 heteroatoms. The summed E-state index contributed by atoms with van der Waals surface area (Å²) in [5, 5.41) is 12.1. The van der Waals surface area contributed by atoms with Crippen LogP contribution in [0.1, 0.15) is 16.8 Å². The van der Waals surface area contributed by atoms with E-state index in [1.54, 1.807) is 57.9 Å². The van der Waals surface area contributed by atoms with Crippen molar-refractivity contribution in [2.75, 3.05) is 34.4 Å². The molecule has 0 spiro atoms. The lowest BCUT2D eigenvalue weighted by Gasteiger charge is -2.14. The lowest BCUT2D eigenvalue weighted by molar-refractivity contribution is 0.0936. The van der Waals surface area contributed by atoms with Gasteiger partial charge in [0.05, 0.1) is 21.3 Å². The first-order valence-corrected chi connectivity index (χ1v) is 12.0. The number of carboxylic acid groups (broad SMARTS) is 1. The van der Waals surface area contributed by atoms with Crippen LogP contribution in [0.15, 0.2) is 59.1 Å². The van der Waals surface area contributed by atoms with Crippen molar-refractivity contribution in [2.45, 2.75) is 12.5 Å². The maximum absolute atomic E-state index is 12.9. The Kier molecular flexibility index (Phi) is 6.78. The van der Waals surface area contributed by atoms with Crippen LogP contribution in [0.5, 0.6) is 17.2 Å². The highest BCUT2D eigenvalue weighted by molar-refractivity contribution is 5.98. The Balaban J connectivity index is 1.46. The molecule has 5 rings (SSSR count). The number of benzene rings is 2. The summed E-state index contributed by atoms with van der Waals surface area (Å²) in [6.45, 7) is 0.684. The quantitative estimate of drug-likeness (QED) is 0.363. The molecule has 2 N–H and O–H groups in total. The van der Waals surface area contributed by atoms with Crippen molar-refractivity contribution in [2.24, 2.45) is 0 Å². The minimum Gasteiger partial charge on any atom is -0.493 e. The van der Waals surface area contributed by atoms with E-state index in [-0.39, 0.29) is 18.5 Å². The highest BCUT2D eigenvalue weighted by atomic mass is 16.5. The predicted molar refractivity (Wildman–Crippen MR) is 140 cm³/mol. The summed E-state index contributed by atoms with van der Waals surface area (Å²) in [7, 11) is 4.65. The number of nitrogens with one attached hydrogen (secondary N) is 1. The molecule has 3 heterocycles. The number of pyridine rings is 1.